The number of benzene rings is 2. The predicted molar refractivity (Wildman–Crippen MR) is 133 cm³/mol. The summed E-state index contributed by atoms with van der Waals surface area (Å²) in [6, 6.07) is 18.5. The molecule has 1 heterocycles. The van der Waals surface area contributed by atoms with Crippen LogP contribution in [0.3, 0.4) is 0 Å². The molecule has 0 saturated heterocycles. The first-order valence-corrected chi connectivity index (χ1v) is 11.9. The zero-order chi connectivity index (χ0) is 23.5. The smallest absolute Gasteiger partial charge is 0.313 e. The molecule has 0 radical (unpaired) electrons. The van der Waals surface area contributed by atoms with Crippen molar-refractivity contribution >= 4 is 34.7 Å². The van der Waals surface area contributed by atoms with Gasteiger partial charge in [-0.05, 0) is 41.7 Å². The number of hydrogen-bond donors (Lipinski definition) is 0. The van der Waals surface area contributed by atoms with Gasteiger partial charge in [0.1, 0.15) is 6.42 Å². The molecular weight excluding hydrogens is 490 g/mol. The number of ether oxygens (including phenoxy) is 1. The van der Waals surface area contributed by atoms with Crippen molar-refractivity contribution in [2.45, 2.75) is 65.0 Å². The maximum atomic E-state index is 12.3. The lowest BCUT2D eigenvalue weighted by Crippen LogP contribution is -3.00. The van der Waals surface area contributed by atoms with Gasteiger partial charge in [0, 0.05) is 12.1 Å². The largest absolute Gasteiger partial charge is 1.00 e. The number of pyridine rings is 1. The normalized spacial score (nSPS) is 11.8. The second kappa shape index (κ2) is 14.5. The Kier molecular flexibility index (Phi) is 11.7. The molecule has 0 saturated carbocycles. The molecule has 1 unspecified atom stereocenters. The van der Waals surface area contributed by atoms with E-state index in [9.17, 15) is 9.59 Å². The van der Waals surface area contributed by atoms with Crippen LogP contribution in [0.2, 0.25) is 0 Å². The van der Waals surface area contributed by atoms with E-state index in [0.717, 1.165) is 30.4 Å². The van der Waals surface area contributed by atoms with Crippen LogP contribution in [0.4, 0.5) is 0 Å². The fraction of sp³-hybridized carbons (Fsp3) is 0.345. The number of Topliss-reactive ketones (excluding diaryl/α,β-unsaturated/α-hetero) is 1. The topological polar surface area (TPSA) is 47.3 Å². The number of carbonyl (C=O) groups excluding carboxylic acids is 2. The van der Waals surface area contributed by atoms with Crippen LogP contribution in [-0.4, -0.2) is 17.9 Å². The van der Waals surface area contributed by atoms with Crippen molar-refractivity contribution in [2.24, 2.45) is 0 Å². The summed E-state index contributed by atoms with van der Waals surface area (Å²) < 4.78 is 7.18. The molecule has 0 fully saturated rings. The summed E-state index contributed by atoms with van der Waals surface area (Å²) in [7, 11) is 0. The van der Waals surface area contributed by atoms with Crippen molar-refractivity contribution in [3.63, 3.8) is 0 Å². The minimum absolute atomic E-state index is 0. The van der Waals surface area contributed by atoms with Crippen LogP contribution in [0.15, 0.2) is 67.0 Å². The molecule has 5 heteroatoms. The Labute approximate surface area is 213 Å². The predicted octanol–water partition coefficient (Wildman–Crippen LogP) is 3.16. The average Bonchev–Trinajstić information content (AvgIpc) is 2.81. The molecule has 4 nitrogen and oxygen atoms in total. The first kappa shape index (κ1) is 27.5. The number of aromatic nitrogens is 1. The van der Waals surface area contributed by atoms with E-state index in [2.05, 4.69) is 49.4 Å². The zero-order valence-corrected chi connectivity index (χ0v) is 21.7. The molecule has 3 aromatic rings. The summed E-state index contributed by atoms with van der Waals surface area (Å²) in [4.78, 5) is 24.3. The van der Waals surface area contributed by atoms with Gasteiger partial charge in [-0.1, -0.05) is 80.8 Å². The summed E-state index contributed by atoms with van der Waals surface area (Å²) in [6.45, 7) is 4.23. The van der Waals surface area contributed by atoms with E-state index < -0.39 is 5.97 Å². The molecule has 0 N–H and O–H groups in total. The van der Waals surface area contributed by atoms with Gasteiger partial charge < -0.3 is 21.7 Å². The van der Waals surface area contributed by atoms with Gasteiger partial charge in [0.2, 0.25) is 12.3 Å². The number of unbranched alkanes of at least 4 members (excludes halogenated alkanes) is 3. The third-order valence-corrected chi connectivity index (χ3v) is 5.69. The highest BCUT2D eigenvalue weighted by Gasteiger charge is 2.17. The van der Waals surface area contributed by atoms with E-state index in [0.29, 0.717) is 0 Å². The molecule has 3 rings (SSSR count). The molecule has 0 spiro atoms. The zero-order valence-electron chi connectivity index (χ0n) is 20.1. The third-order valence-electron chi connectivity index (χ3n) is 5.69. The quantitative estimate of drug-likeness (QED) is 0.158. The molecule has 0 aliphatic carbocycles. The fourth-order valence-electron chi connectivity index (χ4n) is 3.87. The van der Waals surface area contributed by atoms with Gasteiger partial charge in [-0.2, -0.15) is 4.57 Å². The minimum atomic E-state index is -0.432. The van der Waals surface area contributed by atoms with E-state index in [1.165, 1.54) is 23.6 Å². The van der Waals surface area contributed by atoms with Gasteiger partial charge in [0.15, 0.2) is 12.4 Å². The first-order chi connectivity index (χ1) is 16.0. The molecule has 0 bridgehead atoms. The highest BCUT2D eigenvalue weighted by atomic mass is 79.9. The number of carbonyl (C=O) groups is 2. The standard InChI is InChI=1S/C29H34NO3.BrH/c1-3-4-5-6-10-23(2)33-29(32)21-27(31)22-30-19-17-24(18-20-30)15-16-26-13-9-12-25-11-7-8-14-28(25)26;/h7-9,11-20,23H,3-6,10,21-22H2,1-2H3;1H/q+1;/p-1/b16-15+;. The molecule has 180 valence electrons. The van der Waals surface area contributed by atoms with Crippen LogP contribution in [0.1, 0.15) is 63.5 Å². The van der Waals surface area contributed by atoms with Gasteiger partial charge in [0.05, 0.1) is 6.10 Å². The second-order valence-electron chi connectivity index (χ2n) is 8.57. The van der Waals surface area contributed by atoms with Crippen LogP contribution in [0.5, 0.6) is 0 Å². The van der Waals surface area contributed by atoms with Crippen LogP contribution in [0, 0.1) is 0 Å². The van der Waals surface area contributed by atoms with Crippen molar-refractivity contribution < 1.29 is 35.9 Å². The molecular formula is C29H34BrNO3. The Morgan fingerprint density at radius 3 is 2.44 bits per heavy atom. The Morgan fingerprint density at radius 2 is 1.68 bits per heavy atom. The SMILES string of the molecule is CCCCCCC(C)OC(=O)CC(=O)C[n+]1ccc(/C=C/c2cccc3ccccc23)cc1.[Br-]. The summed E-state index contributed by atoms with van der Waals surface area (Å²) in [5, 5.41) is 2.43. The summed E-state index contributed by atoms with van der Waals surface area (Å²) in [6.07, 6.45) is 13.0. The van der Waals surface area contributed by atoms with Gasteiger partial charge in [0.25, 0.3) is 0 Å². The lowest BCUT2D eigenvalue weighted by Gasteiger charge is -2.12. The molecule has 2 aromatic carbocycles. The molecule has 0 amide bonds. The van der Waals surface area contributed by atoms with Crippen molar-refractivity contribution in [2.75, 3.05) is 0 Å². The van der Waals surface area contributed by atoms with Crippen molar-refractivity contribution in [1.82, 2.24) is 0 Å². The third kappa shape index (κ3) is 8.86. The maximum Gasteiger partial charge on any atom is 0.313 e. The lowest BCUT2D eigenvalue weighted by atomic mass is 10.0. The number of ketones is 1. The van der Waals surface area contributed by atoms with Gasteiger partial charge in [-0.25, -0.2) is 0 Å². The maximum absolute atomic E-state index is 12.3. The molecule has 0 aliphatic rings. The molecule has 0 aliphatic heterocycles. The summed E-state index contributed by atoms with van der Waals surface area (Å²) in [5.41, 5.74) is 2.21. The lowest BCUT2D eigenvalue weighted by molar-refractivity contribution is -0.684. The number of esters is 1. The first-order valence-electron chi connectivity index (χ1n) is 11.9. The Morgan fingerprint density at radius 1 is 0.941 bits per heavy atom. The molecule has 1 aromatic heterocycles. The highest BCUT2D eigenvalue weighted by molar-refractivity contribution is 5.95. The Balaban J connectivity index is 0.00000408. The highest BCUT2D eigenvalue weighted by Crippen LogP contribution is 2.20. The monoisotopic (exact) mass is 523 g/mol. The van der Waals surface area contributed by atoms with E-state index in [4.69, 9.17) is 4.74 Å². The summed E-state index contributed by atoms with van der Waals surface area (Å²) >= 11 is 0. The van der Waals surface area contributed by atoms with E-state index in [1.807, 2.05) is 43.6 Å². The molecule has 1 atom stereocenters. The number of fused-ring (bicyclic) bond motifs is 1. The number of halogens is 1. The number of rotatable bonds is 12. The van der Waals surface area contributed by atoms with E-state index >= 15 is 0 Å². The average molecular weight is 524 g/mol. The second-order valence-corrected chi connectivity index (χ2v) is 8.57. The van der Waals surface area contributed by atoms with E-state index in [-0.39, 0.29) is 41.8 Å². The van der Waals surface area contributed by atoms with Gasteiger partial charge >= 0.3 is 5.97 Å². The van der Waals surface area contributed by atoms with Gasteiger partial charge in [-0.15, -0.1) is 0 Å². The van der Waals surface area contributed by atoms with Crippen LogP contribution >= 0.6 is 0 Å². The van der Waals surface area contributed by atoms with Crippen molar-refractivity contribution in [1.29, 1.82) is 0 Å². The van der Waals surface area contributed by atoms with Gasteiger partial charge in [-0.3, -0.25) is 9.59 Å². The minimum Gasteiger partial charge on any atom is -1.00 e. The van der Waals surface area contributed by atoms with Crippen LogP contribution in [-0.2, 0) is 20.9 Å². The number of hydrogen-bond acceptors (Lipinski definition) is 3. The number of nitrogens with zero attached hydrogens (tertiary/aromatic N) is 1. The van der Waals surface area contributed by atoms with Crippen molar-refractivity contribution in [3.05, 3.63) is 78.1 Å². The molecule has 34 heavy (non-hydrogen) atoms. The van der Waals surface area contributed by atoms with E-state index in [1.54, 1.807) is 4.57 Å². The van der Waals surface area contributed by atoms with Crippen molar-refractivity contribution in [3.8, 4) is 0 Å². The fourth-order valence-corrected chi connectivity index (χ4v) is 3.87. The van der Waals surface area contributed by atoms with Crippen LogP contribution < -0.4 is 21.5 Å². The Bertz CT molecular complexity index is 1090. The summed E-state index contributed by atoms with van der Waals surface area (Å²) in [5.74, 6) is -0.583. The van der Waals surface area contributed by atoms with Crippen LogP contribution in [0.25, 0.3) is 22.9 Å². The Hall–Kier alpha value is -2.79.